The summed E-state index contributed by atoms with van der Waals surface area (Å²) in [6.45, 7) is 11.1. The Morgan fingerprint density at radius 1 is 0.903 bits per heavy atom. The number of ether oxygens (including phenoxy) is 2. The number of anilines is 1. The maximum Gasteiger partial charge on any atom is 0.278 e. The summed E-state index contributed by atoms with van der Waals surface area (Å²) in [6.07, 6.45) is 0. The van der Waals surface area contributed by atoms with Gasteiger partial charge >= 0.3 is 0 Å². The van der Waals surface area contributed by atoms with Crippen LogP contribution in [0.25, 0.3) is 5.57 Å². The number of carbonyl (C=O) groups excluding carboxylic acids is 2. The summed E-state index contributed by atoms with van der Waals surface area (Å²) in [5.41, 5.74) is 3.12. The van der Waals surface area contributed by atoms with Crippen molar-refractivity contribution in [1.29, 1.82) is 0 Å². The third-order valence-corrected chi connectivity index (χ3v) is 4.87. The number of rotatable bonds is 9. The Bertz CT molecular complexity index is 993. The van der Waals surface area contributed by atoms with Gasteiger partial charge in [0.05, 0.1) is 18.8 Å². The molecule has 2 aromatic rings. The van der Waals surface area contributed by atoms with Crippen LogP contribution >= 0.6 is 0 Å². The smallest absolute Gasteiger partial charge is 0.278 e. The molecule has 3 rings (SSSR count). The lowest BCUT2D eigenvalue weighted by Gasteiger charge is -2.17. The highest BCUT2D eigenvalue weighted by Gasteiger charge is 2.39. The first-order valence-electron chi connectivity index (χ1n) is 10.7. The molecule has 6 heteroatoms. The van der Waals surface area contributed by atoms with E-state index in [9.17, 15) is 9.59 Å². The molecule has 0 aliphatic carbocycles. The lowest BCUT2D eigenvalue weighted by Crippen LogP contribution is -2.35. The fourth-order valence-corrected chi connectivity index (χ4v) is 3.48. The molecule has 0 bridgehead atoms. The third-order valence-electron chi connectivity index (χ3n) is 4.87. The molecule has 1 aliphatic rings. The molecule has 0 saturated heterocycles. The molecule has 0 atom stereocenters. The zero-order chi connectivity index (χ0) is 22.5. The molecule has 0 aromatic heterocycles. The van der Waals surface area contributed by atoms with E-state index >= 15 is 0 Å². The van der Waals surface area contributed by atoms with Gasteiger partial charge in [0.25, 0.3) is 11.8 Å². The highest BCUT2D eigenvalue weighted by molar-refractivity contribution is 6.36. The molecular formula is C25H30N2O4. The van der Waals surface area contributed by atoms with Crippen molar-refractivity contribution < 1.29 is 19.1 Å². The molecule has 1 N–H and O–H groups in total. The number of hydrogen-bond donors (Lipinski definition) is 1. The van der Waals surface area contributed by atoms with Crippen LogP contribution in [-0.4, -0.2) is 36.5 Å². The van der Waals surface area contributed by atoms with Crippen molar-refractivity contribution in [3.8, 4) is 11.5 Å². The summed E-state index contributed by atoms with van der Waals surface area (Å²) in [4.78, 5) is 27.7. The van der Waals surface area contributed by atoms with Gasteiger partial charge in [-0.05, 0) is 44.4 Å². The largest absolute Gasteiger partial charge is 0.490 e. The van der Waals surface area contributed by atoms with Gasteiger partial charge in [-0.15, -0.1) is 0 Å². The Morgan fingerprint density at radius 3 is 2.16 bits per heavy atom. The third kappa shape index (κ3) is 4.90. The Morgan fingerprint density at radius 2 is 1.55 bits per heavy atom. The molecule has 0 unspecified atom stereocenters. The summed E-state index contributed by atoms with van der Waals surface area (Å²) < 4.78 is 11.3. The van der Waals surface area contributed by atoms with E-state index in [1.807, 2.05) is 65.0 Å². The van der Waals surface area contributed by atoms with Gasteiger partial charge in [-0.25, -0.2) is 0 Å². The molecule has 6 nitrogen and oxygen atoms in total. The molecule has 2 amide bonds. The average molecular weight is 423 g/mol. The molecule has 1 heterocycles. The maximum atomic E-state index is 13.2. The lowest BCUT2D eigenvalue weighted by atomic mass is 10.0. The molecule has 0 spiro atoms. The molecule has 0 fully saturated rings. The van der Waals surface area contributed by atoms with Crippen LogP contribution < -0.4 is 14.8 Å². The van der Waals surface area contributed by atoms with Crippen LogP contribution in [0.3, 0.4) is 0 Å². The minimum absolute atomic E-state index is 0.168. The number of aryl methyl sites for hydroxylation is 1. The predicted octanol–water partition coefficient (Wildman–Crippen LogP) is 4.64. The van der Waals surface area contributed by atoms with Gasteiger partial charge in [0.2, 0.25) is 0 Å². The van der Waals surface area contributed by atoms with Crippen LogP contribution in [0.4, 0.5) is 5.69 Å². The fraction of sp³-hybridized carbons (Fsp3) is 0.360. The SMILES string of the molecule is CCOc1ccc(NC2=C(c3ccc(C)cc3)C(=O)N(CC(C)C)C2=O)cc1OCC. The van der Waals surface area contributed by atoms with Gasteiger partial charge in [-0.2, -0.15) is 0 Å². The number of carbonyl (C=O) groups is 2. The van der Waals surface area contributed by atoms with Gasteiger partial charge in [-0.3, -0.25) is 14.5 Å². The molecule has 2 aromatic carbocycles. The summed E-state index contributed by atoms with van der Waals surface area (Å²) >= 11 is 0. The molecule has 0 radical (unpaired) electrons. The molecule has 0 saturated carbocycles. The van der Waals surface area contributed by atoms with Crippen molar-refractivity contribution in [2.45, 2.75) is 34.6 Å². The predicted molar refractivity (Wildman–Crippen MR) is 122 cm³/mol. The first-order chi connectivity index (χ1) is 14.8. The van der Waals surface area contributed by atoms with E-state index in [1.54, 1.807) is 12.1 Å². The Hall–Kier alpha value is -3.28. The maximum absolute atomic E-state index is 13.2. The normalized spacial score (nSPS) is 13.9. The number of benzene rings is 2. The Labute approximate surface area is 183 Å². The van der Waals surface area contributed by atoms with E-state index < -0.39 is 0 Å². The van der Waals surface area contributed by atoms with Gasteiger partial charge in [0.1, 0.15) is 5.70 Å². The molecular weight excluding hydrogens is 392 g/mol. The van der Waals surface area contributed by atoms with E-state index in [0.717, 1.165) is 5.56 Å². The quantitative estimate of drug-likeness (QED) is 0.596. The number of hydrogen-bond acceptors (Lipinski definition) is 5. The van der Waals surface area contributed by atoms with Crippen molar-refractivity contribution in [2.24, 2.45) is 5.92 Å². The lowest BCUT2D eigenvalue weighted by molar-refractivity contribution is -0.137. The second-order valence-corrected chi connectivity index (χ2v) is 7.88. The highest BCUT2D eigenvalue weighted by atomic mass is 16.5. The van der Waals surface area contributed by atoms with Gasteiger partial charge < -0.3 is 14.8 Å². The van der Waals surface area contributed by atoms with Crippen molar-refractivity contribution in [3.05, 3.63) is 59.3 Å². The standard InChI is InChI=1S/C25H30N2O4/c1-6-30-20-13-12-19(14-21(20)31-7-2)26-23-22(18-10-8-17(5)9-11-18)24(28)27(25(23)29)15-16(3)4/h8-14,16,26H,6-7,15H2,1-5H3. The topological polar surface area (TPSA) is 67.9 Å². The van der Waals surface area contributed by atoms with Gasteiger partial charge in [0.15, 0.2) is 11.5 Å². The fourth-order valence-electron chi connectivity index (χ4n) is 3.48. The van der Waals surface area contributed by atoms with Crippen molar-refractivity contribution in [1.82, 2.24) is 4.90 Å². The van der Waals surface area contributed by atoms with Crippen LogP contribution in [0, 0.1) is 12.8 Å². The first-order valence-corrected chi connectivity index (χ1v) is 10.7. The van der Waals surface area contributed by atoms with E-state index in [1.165, 1.54) is 4.90 Å². The number of nitrogens with zero attached hydrogens (tertiary/aromatic N) is 1. The van der Waals surface area contributed by atoms with Crippen LogP contribution in [0.15, 0.2) is 48.2 Å². The van der Waals surface area contributed by atoms with Crippen molar-refractivity contribution in [2.75, 3.05) is 25.1 Å². The van der Waals surface area contributed by atoms with Crippen molar-refractivity contribution in [3.63, 3.8) is 0 Å². The average Bonchev–Trinajstić information content (AvgIpc) is 2.95. The first kappa shape index (κ1) is 22.4. The van der Waals surface area contributed by atoms with E-state index in [4.69, 9.17) is 9.47 Å². The van der Waals surface area contributed by atoms with Gasteiger partial charge in [0, 0.05) is 18.3 Å². The second kappa shape index (κ2) is 9.69. The second-order valence-electron chi connectivity index (χ2n) is 7.88. The number of nitrogens with one attached hydrogen (secondary N) is 1. The summed E-state index contributed by atoms with van der Waals surface area (Å²) in [5.74, 6) is 0.796. The molecule has 1 aliphatic heterocycles. The van der Waals surface area contributed by atoms with Crippen molar-refractivity contribution >= 4 is 23.1 Å². The minimum Gasteiger partial charge on any atom is -0.490 e. The van der Waals surface area contributed by atoms with E-state index in [2.05, 4.69) is 5.32 Å². The summed E-state index contributed by atoms with van der Waals surface area (Å²) in [5, 5.41) is 3.19. The van der Waals surface area contributed by atoms with Crippen LogP contribution in [-0.2, 0) is 9.59 Å². The summed E-state index contributed by atoms with van der Waals surface area (Å²) in [7, 11) is 0. The van der Waals surface area contributed by atoms with E-state index in [0.29, 0.717) is 48.1 Å². The molecule has 31 heavy (non-hydrogen) atoms. The highest BCUT2D eigenvalue weighted by Crippen LogP contribution is 2.34. The number of imide groups is 1. The molecule has 164 valence electrons. The summed E-state index contributed by atoms with van der Waals surface area (Å²) in [6, 6.07) is 13.0. The van der Waals surface area contributed by atoms with Crippen LogP contribution in [0.1, 0.15) is 38.8 Å². The monoisotopic (exact) mass is 422 g/mol. The Balaban J connectivity index is 2.03. The Kier molecular flexibility index (Phi) is 7.00. The van der Waals surface area contributed by atoms with Gasteiger partial charge in [-0.1, -0.05) is 43.7 Å². The van der Waals surface area contributed by atoms with Crippen LogP contribution in [0.5, 0.6) is 11.5 Å². The van der Waals surface area contributed by atoms with Crippen LogP contribution in [0.2, 0.25) is 0 Å². The zero-order valence-electron chi connectivity index (χ0n) is 18.8. The number of amides is 2. The van der Waals surface area contributed by atoms with E-state index in [-0.39, 0.29) is 23.4 Å². The zero-order valence-corrected chi connectivity index (χ0v) is 18.8. The minimum atomic E-state index is -0.318.